The van der Waals surface area contributed by atoms with Crippen molar-refractivity contribution in [2.24, 2.45) is 4.99 Å². The highest BCUT2D eigenvalue weighted by atomic mass is 14.6. The van der Waals surface area contributed by atoms with Crippen LogP contribution in [0.25, 0.3) is 0 Å². The van der Waals surface area contributed by atoms with Crippen LogP contribution in [-0.2, 0) is 0 Å². The van der Waals surface area contributed by atoms with Gasteiger partial charge in [-0.2, -0.15) is 0 Å². The molecule has 0 saturated heterocycles. The first kappa shape index (κ1) is 7.41. The maximum absolute atomic E-state index is 3.84. The number of rotatable bonds is 3. The molecule has 0 aliphatic carbocycles. The molecule has 46 valence electrons. The predicted octanol–water partition coefficient (Wildman–Crippen LogP) is 2.04. The Kier molecular flexibility index (Phi) is 4.23. The second kappa shape index (κ2) is 4.57. The van der Waals surface area contributed by atoms with E-state index in [1.165, 1.54) is 5.57 Å². The van der Waals surface area contributed by atoms with Gasteiger partial charge in [0.15, 0.2) is 0 Å². The molecule has 8 heavy (non-hydrogen) atoms. The topological polar surface area (TPSA) is 12.4 Å². The first-order valence-electron chi connectivity index (χ1n) is 2.82. The lowest BCUT2D eigenvalue weighted by Gasteiger charge is -1.89. The number of nitrogens with zero attached hydrogens (tertiary/aromatic N) is 1. The Morgan fingerprint density at radius 2 is 2.38 bits per heavy atom. The number of hydrogen-bond donors (Lipinski definition) is 0. The third-order valence-electron chi connectivity index (χ3n) is 0.883. The fourth-order valence-electron chi connectivity index (χ4n) is 0.440. The fraction of sp³-hybridized carbons (Fsp3) is 0.571. The molecule has 0 fully saturated rings. The van der Waals surface area contributed by atoms with E-state index in [0.717, 1.165) is 12.8 Å². The molecule has 0 N–H and O–H groups in total. The largest absolute Gasteiger partial charge is 0.301 e. The highest BCUT2D eigenvalue weighted by Gasteiger charge is 1.80. The van der Waals surface area contributed by atoms with Gasteiger partial charge in [-0.05, 0) is 26.0 Å². The van der Waals surface area contributed by atoms with Crippen molar-refractivity contribution in [3.8, 4) is 0 Å². The van der Waals surface area contributed by atoms with Crippen LogP contribution in [0.15, 0.2) is 17.1 Å². The van der Waals surface area contributed by atoms with Crippen molar-refractivity contribution in [2.45, 2.75) is 19.8 Å². The maximum Gasteiger partial charge on any atom is 0.0273 e. The lowest BCUT2D eigenvalue weighted by atomic mass is 10.2. The zero-order chi connectivity index (χ0) is 6.41. The summed E-state index contributed by atoms with van der Waals surface area (Å²) in [6.45, 7) is 5.80. The summed E-state index contributed by atoms with van der Waals surface area (Å²) in [5.41, 5.74) is 1.23. The normalized spacial score (nSPS) is 10.2. The zero-order valence-corrected chi connectivity index (χ0v) is 5.65. The van der Waals surface area contributed by atoms with Gasteiger partial charge in [0, 0.05) is 7.05 Å². The highest BCUT2D eigenvalue weighted by molar-refractivity contribution is 5.57. The molecule has 0 aliphatic heterocycles. The molecule has 0 atom stereocenters. The summed E-state index contributed by atoms with van der Waals surface area (Å²) in [6, 6.07) is 0. The number of aliphatic imine (C=N–C) groups is 1. The lowest BCUT2D eigenvalue weighted by Crippen LogP contribution is -1.76. The monoisotopic (exact) mass is 111 g/mol. The Bertz CT molecular complexity index is 92.6. The van der Waals surface area contributed by atoms with Gasteiger partial charge in [0.1, 0.15) is 0 Å². The Hall–Kier alpha value is -0.590. The summed E-state index contributed by atoms with van der Waals surface area (Å²) >= 11 is 0. The van der Waals surface area contributed by atoms with Crippen molar-refractivity contribution in [1.29, 1.82) is 0 Å². The summed E-state index contributed by atoms with van der Waals surface area (Å²) in [5, 5.41) is 0. The molecular formula is C7H13N. The number of allylic oxidation sites excluding steroid dienone is 1. The summed E-state index contributed by atoms with van der Waals surface area (Å²) in [4.78, 5) is 3.84. The quantitative estimate of drug-likeness (QED) is 0.390. The molecule has 0 rings (SSSR count). The summed E-state index contributed by atoms with van der Waals surface area (Å²) < 4.78 is 0. The van der Waals surface area contributed by atoms with E-state index in [1.54, 1.807) is 7.05 Å². The van der Waals surface area contributed by atoms with Crippen molar-refractivity contribution >= 4 is 6.21 Å². The SMILES string of the molecule is C=C(C)CCC=NC. The van der Waals surface area contributed by atoms with Crippen LogP contribution in [0.3, 0.4) is 0 Å². The molecule has 0 aliphatic rings. The first-order chi connectivity index (χ1) is 3.77. The molecule has 0 heterocycles. The van der Waals surface area contributed by atoms with Gasteiger partial charge in [-0.3, -0.25) is 0 Å². The molecule has 0 saturated carbocycles. The minimum absolute atomic E-state index is 1.03. The standard InChI is InChI=1S/C7H13N/c1-7(2)5-4-6-8-3/h6H,1,4-5H2,2-3H3. The van der Waals surface area contributed by atoms with E-state index in [0.29, 0.717) is 0 Å². The molecule has 0 spiro atoms. The van der Waals surface area contributed by atoms with Gasteiger partial charge in [-0.25, -0.2) is 0 Å². The van der Waals surface area contributed by atoms with Crippen LogP contribution >= 0.6 is 0 Å². The Balaban J connectivity index is 3.05. The van der Waals surface area contributed by atoms with Gasteiger partial charge in [0.25, 0.3) is 0 Å². The van der Waals surface area contributed by atoms with E-state index in [-0.39, 0.29) is 0 Å². The van der Waals surface area contributed by atoms with Crippen LogP contribution in [0.5, 0.6) is 0 Å². The molecule has 0 unspecified atom stereocenters. The Labute approximate surface area is 51.1 Å². The molecule has 0 bridgehead atoms. The van der Waals surface area contributed by atoms with Crippen molar-refractivity contribution in [3.05, 3.63) is 12.2 Å². The van der Waals surface area contributed by atoms with E-state index >= 15 is 0 Å². The van der Waals surface area contributed by atoms with Crippen LogP contribution in [0.4, 0.5) is 0 Å². The van der Waals surface area contributed by atoms with E-state index in [1.807, 2.05) is 13.1 Å². The van der Waals surface area contributed by atoms with Crippen molar-refractivity contribution < 1.29 is 0 Å². The molecule has 0 aromatic rings. The predicted molar refractivity (Wildman–Crippen MR) is 38.5 cm³/mol. The summed E-state index contributed by atoms with van der Waals surface area (Å²) in [7, 11) is 1.79. The van der Waals surface area contributed by atoms with E-state index in [4.69, 9.17) is 0 Å². The van der Waals surface area contributed by atoms with Crippen molar-refractivity contribution in [2.75, 3.05) is 7.05 Å². The lowest BCUT2D eigenvalue weighted by molar-refractivity contribution is 1.03. The average Bonchev–Trinajstić information content (AvgIpc) is 1.66. The van der Waals surface area contributed by atoms with E-state index < -0.39 is 0 Å². The van der Waals surface area contributed by atoms with Crippen LogP contribution in [0, 0.1) is 0 Å². The summed E-state index contributed by atoms with van der Waals surface area (Å²) in [6.07, 6.45) is 4.01. The van der Waals surface area contributed by atoms with Crippen LogP contribution in [-0.4, -0.2) is 13.3 Å². The van der Waals surface area contributed by atoms with Crippen LogP contribution in [0.1, 0.15) is 19.8 Å². The molecule has 1 heteroatoms. The summed E-state index contributed by atoms with van der Waals surface area (Å²) in [5.74, 6) is 0. The fourth-order valence-corrected chi connectivity index (χ4v) is 0.440. The zero-order valence-electron chi connectivity index (χ0n) is 5.65. The molecule has 1 nitrogen and oxygen atoms in total. The maximum atomic E-state index is 3.84. The molecule has 0 aromatic heterocycles. The number of hydrogen-bond acceptors (Lipinski definition) is 1. The molecule has 0 amide bonds. The molecule has 0 aromatic carbocycles. The Morgan fingerprint density at radius 3 is 2.75 bits per heavy atom. The second-order valence-electron chi connectivity index (χ2n) is 1.94. The van der Waals surface area contributed by atoms with E-state index in [2.05, 4.69) is 11.6 Å². The average molecular weight is 111 g/mol. The van der Waals surface area contributed by atoms with Gasteiger partial charge >= 0.3 is 0 Å². The van der Waals surface area contributed by atoms with Crippen LogP contribution < -0.4 is 0 Å². The minimum atomic E-state index is 1.03. The first-order valence-corrected chi connectivity index (χ1v) is 2.82. The van der Waals surface area contributed by atoms with E-state index in [9.17, 15) is 0 Å². The third kappa shape index (κ3) is 5.41. The Morgan fingerprint density at radius 1 is 1.75 bits per heavy atom. The van der Waals surface area contributed by atoms with Gasteiger partial charge in [-0.15, -0.1) is 6.58 Å². The van der Waals surface area contributed by atoms with Crippen molar-refractivity contribution in [3.63, 3.8) is 0 Å². The second-order valence-corrected chi connectivity index (χ2v) is 1.94. The third-order valence-corrected chi connectivity index (χ3v) is 0.883. The van der Waals surface area contributed by atoms with Gasteiger partial charge in [-0.1, -0.05) is 5.57 Å². The smallest absolute Gasteiger partial charge is 0.0273 e. The molecule has 0 radical (unpaired) electrons. The van der Waals surface area contributed by atoms with Gasteiger partial charge in [0.05, 0.1) is 0 Å². The van der Waals surface area contributed by atoms with Crippen molar-refractivity contribution in [1.82, 2.24) is 0 Å². The van der Waals surface area contributed by atoms with Crippen LogP contribution in [0.2, 0.25) is 0 Å². The molecular weight excluding hydrogens is 98.1 g/mol. The van der Waals surface area contributed by atoms with Gasteiger partial charge in [0.2, 0.25) is 0 Å². The highest BCUT2D eigenvalue weighted by Crippen LogP contribution is 1.96. The van der Waals surface area contributed by atoms with Gasteiger partial charge < -0.3 is 4.99 Å². The minimum Gasteiger partial charge on any atom is -0.301 e.